The summed E-state index contributed by atoms with van der Waals surface area (Å²) < 4.78 is 15.8. The number of esters is 1. The van der Waals surface area contributed by atoms with E-state index in [1.807, 2.05) is 0 Å². The van der Waals surface area contributed by atoms with Crippen LogP contribution in [0.1, 0.15) is 19.3 Å². The van der Waals surface area contributed by atoms with E-state index in [-0.39, 0.29) is 43.4 Å². The number of carbonyl (C=O) groups excluding carboxylic acids is 1. The van der Waals surface area contributed by atoms with Crippen LogP contribution >= 0.6 is 0 Å². The predicted octanol–water partition coefficient (Wildman–Crippen LogP) is -0.143. The summed E-state index contributed by atoms with van der Waals surface area (Å²) in [5, 5.41) is 8.92. The van der Waals surface area contributed by atoms with Crippen molar-refractivity contribution < 1.29 is 24.1 Å². The smallest absolute Gasteiger partial charge is 0.308 e. The van der Waals surface area contributed by atoms with E-state index in [0.717, 1.165) is 12.8 Å². The molecule has 2 heterocycles. The van der Waals surface area contributed by atoms with Gasteiger partial charge in [-0.3, -0.25) is 4.79 Å². The molecule has 2 saturated heterocycles. The Bertz CT molecular complexity index is 228. The fourth-order valence-electron chi connectivity index (χ4n) is 2.23. The van der Waals surface area contributed by atoms with Gasteiger partial charge < -0.3 is 19.3 Å². The minimum atomic E-state index is -0.251. The van der Waals surface area contributed by atoms with Gasteiger partial charge in [0, 0.05) is 12.8 Å². The van der Waals surface area contributed by atoms with Crippen molar-refractivity contribution >= 4 is 5.97 Å². The molecule has 1 N–H and O–H groups in total. The summed E-state index contributed by atoms with van der Waals surface area (Å²) >= 11 is 0. The Kier molecular flexibility index (Phi) is 3.23. The van der Waals surface area contributed by atoms with E-state index in [1.54, 1.807) is 0 Å². The Morgan fingerprint density at radius 1 is 1.33 bits per heavy atom. The Labute approximate surface area is 88.3 Å². The Balaban J connectivity index is 1.81. The lowest BCUT2D eigenvalue weighted by Gasteiger charge is -2.12. The van der Waals surface area contributed by atoms with Gasteiger partial charge in [0.15, 0.2) is 0 Å². The van der Waals surface area contributed by atoms with Crippen molar-refractivity contribution in [1.82, 2.24) is 0 Å². The zero-order valence-electron chi connectivity index (χ0n) is 8.72. The molecule has 4 atom stereocenters. The predicted molar refractivity (Wildman–Crippen MR) is 50.3 cm³/mol. The third-order valence-corrected chi connectivity index (χ3v) is 2.97. The summed E-state index contributed by atoms with van der Waals surface area (Å²) in [6, 6.07) is 0. The van der Waals surface area contributed by atoms with E-state index in [0.29, 0.717) is 0 Å². The van der Waals surface area contributed by atoms with Crippen molar-refractivity contribution in [2.75, 3.05) is 13.7 Å². The van der Waals surface area contributed by atoms with Crippen molar-refractivity contribution in [3.8, 4) is 0 Å². The Morgan fingerprint density at radius 2 is 1.93 bits per heavy atom. The second-order valence-electron chi connectivity index (χ2n) is 4.03. The summed E-state index contributed by atoms with van der Waals surface area (Å²) in [5.74, 6) is -0.251. The van der Waals surface area contributed by atoms with E-state index in [2.05, 4.69) is 4.74 Å². The van der Waals surface area contributed by atoms with Gasteiger partial charge in [0.1, 0.15) is 0 Å². The van der Waals surface area contributed by atoms with Crippen molar-refractivity contribution in [3.05, 3.63) is 0 Å². The fraction of sp³-hybridized carbons (Fsp3) is 0.900. The van der Waals surface area contributed by atoms with Gasteiger partial charge in [-0.1, -0.05) is 0 Å². The molecule has 0 spiro atoms. The highest BCUT2D eigenvalue weighted by Crippen LogP contribution is 2.34. The summed E-state index contributed by atoms with van der Waals surface area (Å²) in [5.41, 5.74) is 0. The molecule has 0 radical (unpaired) electrons. The number of fused-ring (bicyclic) bond motifs is 1. The van der Waals surface area contributed by atoms with Crippen LogP contribution in [0, 0.1) is 0 Å². The molecule has 0 saturated carbocycles. The highest BCUT2D eigenvalue weighted by molar-refractivity contribution is 5.69. The highest BCUT2D eigenvalue weighted by Gasteiger charge is 2.44. The first-order chi connectivity index (χ1) is 7.22. The molecule has 2 aliphatic heterocycles. The topological polar surface area (TPSA) is 65.0 Å². The molecule has 0 aromatic heterocycles. The van der Waals surface area contributed by atoms with Crippen LogP contribution in [0.4, 0.5) is 0 Å². The molecule has 0 amide bonds. The number of aliphatic hydroxyl groups excluding tert-OH is 1. The van der Waals surface area contributed by atoms with Gasteiger partial charge in [-0.25, -0.2) is 0 Å². The van der Waals surface area contributed by atoms with E-state index >= 15 is 0 Å². The maximum Gasteiger partial charge on any atom is 0.308 e. The number of aliphatic hydroxyl groups is 1. The first-order valence-electron chi connectivity index (χ1n) is 5.21. The second kappa shape index (κ2) is 4.47. The molecule has 86 valence electrons. The SMILES string of the molecule is COC(=O)C[C@@H]1C[C@H]2O[C@@H](CO)C[C@H]2O1. The third kappa shape index (κ3) is 2.30. The standard InChI is InChI=1S/C10H16O5/c1-13-10(12)4-6-2-8-9(14-6)3-7(5-11)15-8/h6-9,11H,2-5H2,1H3/t6-,7+,8+,9+/m0/s1. The minimum Gasteiger partial charge on any atom is -0.469 e. The van der Waals surface area contributed by atoms with Crippen LogP contribution in [0.3, 0.4) is 0 Å². The second-order valence-corrected chi connectivity index (χ2v) is 4.03. The molecule has 2 aliphatic rings. The number of methoxy groups -OCH3 is 1. The van der Waals surface area contributed by atoms with E-state index < -0.39 is 0 Å². The van der Waals surface area contributed by atoms with Crippen molar-refractivity contribution in [3.63, 3.8) is 0 Å². The zero-order valence-corrected chi connectivity index (χ0v) is 8.72. The van der Waals surface area contributed by atoms with Crippen LogP contribution < -0.4 is 0 Å². The molecule has 15 heavy (non-hydrogen) atoms. The molecule has 0 bridgehead atoms. The van der Waals surface area contributed by atoms with Gasteiger partial charge >= 0.3 is 5.97 Å². The highest BCUT2D eigenvalue weighted by atomic mass is 16.6. The maximum atomic E-state index is 11.0. The van der Waals surface area contributed by atoms with Gasteiger partial charge in [-0.2, -0.15) is 0 Å². The molecule has 0 aliphatic carbocycles. The van der Waals surface area contributed by atoms with Crippen LogP contribution in [-0.2, 0) is 19.0 Å². The first kappa shape index (κ1) is 10.9. The molecule has 2 rings (SSSR count). The number of carbonyl (C=O) groups is 1. The average Bonchev–Trinajstić information content (AvgIpc) is 2.74. The first-order valence-corrected chi connectivity index (χ1v) is 5.21. The molecular formula is C10H16O5. The molecule has 2 fully saturated rings. The largest absolute Gasteiger partial charge is 0.469 e. The summed E-state index contributed by atoms with van der Waals surface area (Å²) in [6.45, 7) is 0.0397. The van der Waals surface area contributed by atoms with Crippen molar-refractivity contribution in [1.29, 1.82) is 0 Å². The van der Waals surface area contributed by atoms with Crippen LogP contribution in [0.5, 0.6) is 0 Å². The summed E-state index contributed by atoms with van der Waals surface area (Å²) in [7, 11) is 1.37. The summed E-state index contributed by atoms with van der Waals surface area (Å²) in [4.78, 5) is 11.0. The van der Waals surface area contributed by atoms with Crippen molar-refractivity contribution in [2.45, 2.75) is 43.7 Å². The average molecular weight is 216 g/mol. The number of hydrogen-bond acceptors (Lipinski definition) is 5. The van der Waals surface area contributed by atoms with E-state index in [1.165, 1.54) is 7.11 Å². The lowest BCUT2D eigenvalue weighted by Crippen LogP contribution is -2.19. The quantitative estimate of drug-likeness (QED) is 0.665. The van der Waals surface area contributed by atoms with Gasteiger partial charge in [0.25, 0.3) is 0 Å². The Hall–Kier alpha value is -0.650. The molecular weight excluding hydrogens is 200 g/mol. The van der Waals surface area contributed by atoms with Crippen LogP contribution in [0.15, 0.2) is 0 Å². The van der Waals surface area contributed by atoms with Crippen molar-refractivity contribution in [2.24, 2.45) is 0 Å². The zero-order chi connectivity index (χ0) is 10.8. The number of hydrogen-bond donors (Lipinski definition) is 1. The van der Waals surface area contributed by atoms with Gasteiger partial charge in [0.2, 0.25) is 0 Å². The van der Waals surface area contributed by atoms with Gasteiger partial charge in [-0.15, -0.1) is 0 Å². The maximum absolute atomic E-state index is 11.0. The van der Waals surface area contributed by atoms with E-state index in [9.17, 15) is 4.79 Å². The third-order valence-electron chi connectivity index (χ3n) is 2.97. The van der Waals surface area contributed by atoms with Gasteiger partial charge in [0.05, 0.1) is 44.6 Å². The summed E-state index contributed by atoms with van der Waals surface area (Å²) in [6.07, 6.45) is 1.62. The fourth-order valence-corrected chi connectivity index (χ4v) is 2.23. The number of rotatable bonds is 3. The lowest BCUT2D eigenvalue weighted by atomic mass is 10.1. The Morgan fingerprint density at radius 3 is 2.53 bits per heavy atom. The number of ether oxygens (including phenoxy) is 3. The lowest BCUT2D eigenvalue weighted by molar-refractivity contribution is -0.143. The van der Waals surface area contributed by atoms with Gasteiger partial charge in [-0.05, 0) is 0 Å². The monoisotopic (exact) mass is 216 g/mol. The van der Waals surface area contributed by atoms with Crippen LogP contribution in [0.25, 0.3) is 0 Å². The minimum absolute atomic E-state index is 0.0387. The van der Waals surface area contributed by atoms with Crippen LogP contribution in [-0.4, -0.2) is 49.2 Å². The molecule has 5 heteroatoms. The molecule has 0 unspecified atom stereocenters. The van der Waals surface area contributed by atoms with E-state index in [4.69, 9.17) is 14.6 Å². The van der Waals surface area contributed by atoms with Crippen LogP contribution in [0.2, 0.25) is 0 Å². The molecule has 0 aromatic carbocycles. The molecule has 5 nitrogen and oxygen atoms in total. The molecule has 0 aromatic rings. The normalized spacial score (nSPS) is 39.1.